The van der Waals surface area contributed by atoms with Gasteiger partial charge in [-0.15, -0.1) is 6.58 Å². The van der Waals surface area contributed by atoms with E-state index in [0.717, 1.165) is 5.92 Å². The Labute approximate surface area is 61.1 Å². The minimum absolute atomic E-state index is 0.303. The van der Waals surface area contributed by atoms with Crippen molar-refractivity contribution in [2.45, 2.75) is 31.0 Å². The molecule has 0 aromatic carbocycles. The quantitative estimate of drug-likeness (QED) is 0.499. The SMILES string of the molecule is C=CC1CC2CC13CC2O3. The van der Waals surface area contributed by atoms with E-state index in [1.807, 2.05) is 0 Å². The molecule has 54 valence electrons. The van der Waals surface area contributed by atoms with Crippen LogP contribution in [0.2, 0.25) is 0 Å². The summed E-state index contributed by atoms with van der Waals surface area (Å²) in [5.41, 5.74) is 0.303. The Morgan fingerprint density at radius 3 is 2.60 bits per heavy atom. The summed E-state index contributed by atoms with van der Waals surface area (Å²) in [5.74, 6) is 1.57. The van der Waals surface area contributed by atoms with Crippen LogP contribution in [0.15, 0.2) is 12.7 Å². The zero-order valence-electron chi connectivity index (χ0n) is 6.05. The van der Waals surface area contributed by atoms with E-state index in [9.17, 15) is 0 Å². The van der Waals surface area contributed by atoms with E-state index in [1.165, 1.54) is 19.3 Å². The predicted molar refractivity (Wildman–Crippen MR) is 38.6 cm³/mol. The molecule has 4 unspecified atom stereocenters. The van der Waals surface area contributed by atoms with Crippen LogP contribution < -0.4 is 0 Å². The minimum Gasteiger partial charge on any atom is -0.371 e. The fourth-order valence-corrected chi connectivity index (χ4v) is 3.08. The maximum atomic E-state index is 5.77. The lowest BCUT2D eigenvalue weighted by molar-refractivity contribution is -0.198. The van der Waals surface area contributed by atoms with Crippen LogP contribution in [-0.2, 0) is 4.74 Å². The van der Waals surface area contributed by atoms with E-state index >= 15 is 0 Å². The summed E-state index contributed by atoms with van der Waals surface area (Å²) in [5, 5.41) is 0. The van der Waals surface area contributed by atoms with Gasteiger partial charge in [-0.25, -0.2) is 0 Å². The molecule has 4 aliphatic rings. The second-order valence-electron chi connectivity index (χ2n) is 3.97. The highest BCUT2D eigenvalue weighted by Crippen LogP contribution is 2.63. The van der Waals surface area contributed by atoms with Crippen LogP contribution in [0.5, 0.6) is 0 Å². The van der Waals surface area contributed by atoms with Gasteiger partial charge >= 0.3 is 0 Å². The number of hydrogen-bond donors (Lipinski definition) is 0. The molecule has 0 amide bonds. The normalized spacial score (nSPS) is 62.2. The minimum atomic E-state index is 0.303. The van der Waals surface area contributed by atoms with Gasteiger partial charge in [0.05, 0.1) is 11.7 Å². The summed E-state index contributed by atoms with van der Waals surface area (Å²) < 4.78 is 5.77. The highest BCUT2D eigenvalue weighted by atomic mass is 16.5. The molecule has 2 aliphatic carbocycles. The van der Waals surface area contributed by atoms with E-state index < -0.39 is 0 Å². The maximum absolute atomic E-state index is 5.77. The Hall–Kier alpha value is -0.300. The van der Waals surface area contributed by atoms with Gasteiger partial charge in [-0.2, -0.15) is 0 Å². The Balaban J connectivity index is 2.00. The van der Waals surface area contributed by atoms with Crippen molar-refractivity contribution in [2.24, 2.45) is 11.8 Å². The van der Waals surface area contributed by atoms with Gasteiger partial charge in [0, 0.05) is 12.3 Å². The van der Waals surface area contributed by atoms with E-state index in [2.05, 4.69) is 12.7 Å². The van der Waals surface area contributed by atoms with Crippen molar-refractivity contribution in [3.63, 3.8) is 0 Å². The summed E-state index contributed by atoms with van der Waals surface area (Å²) >= 11 is 0. The van der Waals surface area contributed by atoms with Crippen LogP contribution in [-0.4, -0.2) is 11.7 Å². The summed E-state index contributed by atoms with van der Waals surface area (Å²) in [6.45, 7) is 3.85. The summed E-state index contributed by atoms with van der Waals surface area (Å²) in [4.78, 5) is 0. The van der Waals surface area contributed by atoms with Gasteiger partial charge in [-0.1, -0.05) is 6.08 Å². The first-order chi connectivity index (χ1) is 4.84. The summed E-state index contributed by atoms with van der Waals surface area (Å²) in [6.07, 6.45) is 6.75. The molecular formula is C9H12O. The molecular weight excluding hydrogens is 124 g/mol. The van der Waals surface area contributed by atoms with Crippen LogP contribution in [0.25, 0.3) is 0 Å². The zero-order chi connectivity index (χ0) is 6.77. The summed E-state index contributed by atoms with van der Waals surface area (Å²) in [6, 6.07) is 0. The molecule has 2 saturated carbocycles. The van der Waals surface area contributed by atoms with Crippen molar-refractivity contribution < 1.29 is 4.74 Å². The largest absolute Gasteiger partial charge is 0.371 e. The molecule has 0 aromatic rings. The lowest BCUT2D eigenvalue weighted by atomic mass is 9.79. The first kappa shape index (κ1) is 5.36. The van der Waals surface area contributed by atoms with Crippen LogP contribution in [0, 0.1) is 11.8 Å². The molecule has 4 rings (SSSR count). The van der Waals surface area contributed by atoms with Gasteiger partial charge in [0.15, 0.2) is 0 Å². The van der Waals surface area contributed by atoms with Crippen LogP contribution >= 0.6 is 0 Å². The Morgan fingerprint density at radius 2 is 2.30 bits per heavy atom. The highest BCUT2D eigenvalue weighted by molar-refractivity contribution is 5.19. The molecule has 1 heteroatoms. The molecule has 0 aromatic heterocycles. The monoisotopic (exact) mass is 136 g/mol. The lowest BCUT2D eigenvalue weighted by Crippen LogP contribution is -2.50. The average molecular weight is 136 g/mol. The van der Waals surface area contributed by atoms with Crippen LogP contribution in [0.4, 0.5) is 0 Å². The number of ether oxygens (including phenoxy) is 1. The zero-order valence-corrected chi connectivity index (χ0v) is 6.05. The third-order valence-corrected chi connectivity index (χ3v) is 3.58. The fraction of sp³-hybridized carbons (Fsp3) is 0.778. The summed E-state index contributed by atoms with van der Waals surface area (Å²) in [7, 11) is 0. The third kappa shape index (κ3) is 0.367. The maximum Gasteiger partial charge on any atom is 0.0777 e. The van der Waals surface area contributed by atoms with Crippen molar-refractivity contribution in [3.05, 3.63) is 12.7 Å². The number of rotatable bonds is 1. The molecule has 4 fully saturated rings. The van der Waals surface area contributed by atoms with Crippen molar-refractivity contribution in [2.75, 3.05) is 0 Å². The molecule has 0 N–H and O–H groups in total. The standard InChI is InChI=1S/C9H12O/c1-2-7-3-6-4-9(7)5-8(6)10-9/h2,6-8H,1,3-5H2. The molecule has 0 radical (unpaired) electrons. The van der Waals surface area contributed by atoms with Crippen molar-refractivity contribution in [1.82, 2.24) is 0 Å². The topological polar surface area (TPSA) is 9.23 Å². The molecule has 1 spiro atoms. The van der Waals surface area contributed by atoms with Crippen molar-refractivity contribution in [1.29, 1.82) is 0 Å². The molecule has 10 heavy (non-hydrogen) atoms. The second-order valence-corrected chi connectivity index (χ2v) is 3.97. The molecule has 2 heterocycles. The van der Waals surface area contributed by atoms with E-state index in [-0.39, 0.29) is 0 Å². The van der Waals surface area contributed by atoms with Gasteiger partial charge < -0.3 is 4.74 Å². The van der Waals surface area contributed by atoms with E-state index in [4.69, 9.17) is 4.74 Å². The Bertz CT molecular complexity index is 191. The van der Waals surface area contributed by atoms with Gasteiger partial charge in [0.25, 0.3) is 0 Å². The molecule has 2 saturated heterocycles. The van der Waals surface area contributed by atoms with Gasteiger partial charge in [0.1, 0.15) is 0 Å². The van der Waals surface area contributed by atoms with E-state index in [0.29, 0.717) is 17.6 Å². The highest BCUT2D eigenvalue weighted by Gasteiger charge is 2.66. The molecule has 4 atom stereocenters. The van der Waals surface area contributed by atoms with Gasteiger partial charge in [0.2, 0.25) is 0 Å². The van der Waals surface area contributed by atoms with Crippen molar-refractivity contribution >= 4 is 0 Å². The first-order valence-electron chi connectivity index (χ1n) is 4.14. The lowest BCUT2D eigenvalue weighted by Gasteiger charge is -2.47. The predicted octanol–water partition coefficient (Wildman–Crippen LogP) is 1.74. The first-order valence-corrected chi connectivity index (χ1v) is 4.14. The van der Waals surface area contributed by atoms with Crippen molar-refractivity contribution in [3.8, 4) is 0 Å². The van der Waals surface area contributed by atoms with E-state index in [1.54, 1.807) is 0 Å². The van der Waals surface area contributed by atoms with Crippen LogP contribution in [0.1, 0.15) is 19.3 Å². The van der Waals surface area contributed by atoms with Gasteiger partial charge in [-0.05, 0) is 18.8 Å². The smallest absolute Gasteiger partial charge is 0.0777 e. The Kier molecular flexibility index (Phi) is 0.713. The molecule has 2 aliphatic heterocycles. The number of hydrogen-bond acceptors (Lipinski definition) is 1. The Morgan fingerprint density at radius 1 is 1.50 bits per heavy atom. The van der Waals surface area contributed by atoms with Gasteiger partial charge in [-0.3, -0.25) is 0 Å². The van der Waals surface area contributed by atoms with Crippen LogP contribution in [0.3, 0.4) is 0 Å². The fourth-order valence-electron chi connectivity index (χ4n) is 3.08. The average Bonchev–Trinajstić information content (AvgIpc) is 2.45. The molecule has 3 bridgehead atoms. The molecule has 1 nitrogen and oxygen atoms in total. The second kappa shape index (κ2) is 1.33. The third-order valence-electron chi connectivity index (χ3n) is 3.58.